The molecule has 2 aromatic rings. The first kappa shape index (κ1) is 44.4. The molecule has 47 heavy (non-hydrogen) atoms. The molecule has 2 atom stereocenters. The standard InChI is InChI=1S/C36H59O8PS.Na/c1-3-4-5-6-7-8-9-10-11-12-13-14-15-16-17-21-28-41-30-35(42-29-34-22-19-18-20-23-34)31-43-45(37,38)32-44-46(39,40)36-26-24-33(2)25-27-36;/h18-20,22-27,35H,3-17,21,28-32H2,1-2H3,(H,37,38);/q;+1/p-1/t35-;/m0./s1. The zero-order valence-electron chi connectivity index (χ0n) is 29.2. The molecule has 0 aliphatic rings. The zero-order valence-corrected chi connectivity index (χ0v) is 33.0. The van der Waals surface area contributed by atoms with Crippen LogP contribution in [-0.4, -0.2) is 40.7 Å². The summed E-state index contributed by atoms with van der Waals surface area (Å²) in [5.74, 6) is 0. The second-order valence-corrected chi connectivity index (χ2v) is 15.6. The van der Waals surface area contributed by atoms with Crippen molar-refractivity contribution < 1.29 is 65.6 Å². The van der Waals surface area contributed by atoms with Crippen LogP contribution in [0.2, 0.25) is 0 Å². The summed E-state index contributed by atoms with van der Waals surface area (Å²) in [6.45, 7) is 4.75. The summed E-state index contributed by atoms with van der Waals surface area (Å²) in [4.78, 5) is 12.4. The quantitative estimate of drug-likeness (QED) is 0.0433. The largest absolute Gasteiger partial charge is 1.00 e. The van der Waals surface area contributed by atoms with Crippen LogP contribution in [0.1, 0.15) is 121 Å². The molecule has 0 N–H and O–H groups in total. The van der Waals surface area contributed by atoms with Gasteiger partial charge in [-0.05, 0) is 31.0 Å². The summed E-state index contributed by atoms with van der Waals surface area (Å²) in [6.07, 6.45) is 19.1. The van der Waals surface area contributed by atoms with Crippen LogP contribution in [-0.2, 0) is 39.5 Å². The van der Waals surface area contributed by atoms with Crippen LogP contribution in [0.15, 0.2) is 59.5 Å². The molecule has 2 rings (SSSR count). The number of ether oxygens (including phenoxy) is 2. The van der Waals surface area contributed by atoms with Crippen LogP contribution in [0.4, 0.5) is 0 Å². The van der Waals surface area contributed by atoms with Crippen molar-refractivity contribution in [2.45, 2.75) is 134 Å². The van der Waals surface area contributed by atoms with Gasteiger partial charge in [-0.1, -0.05) is 151 Å². The maximum atomic E-state index is 12.5. The number of aryl methyl sites for hydroxylation is 1. The Bertz CT molecular complexity index is 1180. The maximum Gasteiger partial charge on any atom is 1.00 e. The maximum absolute atomic E-state index is 12.5. The molecule has 0 bridgehead atoms. The molecule has 0 saturated carbocycles. The van der Waals surface area contributed by atoms with E-state index in [-0.39, 0.29) is 54.3 Å². The molecular weight excluding hydrogens is 646 g/mol. The third-order valence-electron chi connectivity index (χ3n) is 7.91. The summed E-state index contributed by atoms with van der Waals surface area (Å²) >= 11 is 0. The normalized spacial score (nSPS) is 13.6. The molecule has 2 aromatic carbocycles. The fourth-order valence-electron chi connectivity index (χ4n) is 5.04. The van der Waals surface area contributed by atoms with E-state index in [0.29, 0.717) is 6.61 Å². The van der Waals surface area contributed by atoms with Gasteiger partial charge in [-0.3, -0.25) is 4.18 Å². The second kappa shape index (κ2) is 27.2. The van der Waals surface area contributed by atoms with Crippen LogP contribution >= 0.6 is 7.60 Å². The molecule has 0 radical (unpaired) electrons. The van der Waals surface area contributed by atoms with E-state index in [0.717, 1.165) is 24.0 Å². The van der Waals surface area contributed by atoms with Crippen molar-refractivity contribution in [2.75, 3.05) is 26.2 Å². The van der Waals surface area contributed by atoms with Gasteiger partial charge in [0.05, 0.1) is 24.7 Å². The molecule has 0 spiro atoms. The Morgan fingerprint density at radius 3 is 1.77 bits per heavy atom. The summed E-state index contributed by atoms with van der Waals surface area (Å²) in [7, 11) is -8.88. The van der Waals surface area contributed by atoms with Crippen molar-refractivity contribution >= 4 is 17.7 Å². The summed E-state index contributed by atoms with van der Waals surface area (Å²) in [6, 6.07) is 15.5. The molecular formula is C36H58NaO8PS. The van der Waals surface area contributed by atoms with E-state index in [1.165, 1.54) is 102 Å². The van der Waals surface area contributed by atoms with Gasteiger partial charge in [0.15, 0.2) is 7.60 Å². The fourth-order valence-corrected chi connectivity index (χ4v) is 7.19. The Labute approximate surface area is 307 Å². The molecule has 1 unspecified atom stereocenters. The Morgan fingerprint density at radius 2 is 1.23 bits per heavy atom. The topological polar surface area (TPSA) is 111 Å². The van der Waals surface area contributed by atoms with Gasteiger partial charge in [-0.2, -0.15) is 8.42 Å². The van der Waals surface area contributed by atoms with Crippen LogP contribution < -0.4 is 34.5 Å². The molecule has 262 valence electrons. The molecule has 0 amide bonds. The van der Waals surface area contributed by atoms with Crippen LogP contribution in [0, 0.1) is 6.92 Å². The van der Waals surface area contributed by atoms with E-state index < -0.39 is 30.2 Å². The van der Waals surface area contributed by atoms with Gasteiger partial charge < -0.3 is 23.5 Å². The van der Waals surface area contributed by atoms with E-state index in [1.807, 2.05) is 37.3 Å². The molecule has 11 heteroatoms. The number of benzene rings is 2. The van der Waals surface area contributed by atoms with Crippen LogP contribution in [0.3, 0.4) is 0 Å². The average molecular weight is 705 g/mol. The van der Waals surface area contributed by atoms with Gasteiger partial charge in [0.2, 0.25) is 0 Å². The van der Waals surface area contributed by atoms with Crippen molar-refractivity contribution in [3.8, 4) is 0 Å². The molecule has 0 saturated heterocycles. The monoisotopic (exact) mass is 704 g/mol. The van der Waals surface area contributed by atoms with Gasteiger partial charge in [0.1, 0.15) is 12.5 Å². The predicted molar refractivity (Wildman–Crippen MR) is 183 cm³/mol. The Hall–Kier alpha value is -0.580. The van der Waals surface area contributed by atoms with Gasteiger partial charge in [-0.25, -0.2) is 0 Å². The van der Waals surface area contributed by atoms with Gasteiger partial charge in [-0.15, -0.1) is 0 Å². The van der Waals surface area contributed by atoms with Crippen molar-refractivity contribution in [2.24, 2.45) is 0 Å². The van der Waals surface area contributed by atoms with Crippen molar-refractivity contribution in [3.63, 3.8) is 0 Å². The number of rotatable bonds is 29. The Balaban J connectivity index is 0.0000110. The number of hydrogen-bond acceptors (Lipinski definition) is 8. The minimum Gasteiger partial charge on any atom is -0.777 e. The second-order valence-electron chi connectivity index (χ2n) is 12.2. The van der Waals surface area contributed by atoms with Crippen LogP contribution in [0.5, 0.6) is 0 Å². The van der Waals surface area contributed by atoms with Gasteiger partial charge >= 0.3 is 29.6 Å². The van der Waals surface area contributed by atoms with Gasteiger partial charge in [0.25, 0.3) is 10.1 Å². The first-order valence-electron chi connectivity index (χ1n) is 17.4. The summed E-state index contributed by atoms with van der Waals surface area (Å²) in [5, 5.41) is 0. The van der Waals surface area contributed by atoms with Crippen molar-refractivity contribution in [1.82, 2.24) is 0 Å². The predicted octanol–water partition coefficient (Wildman–Crippen LogP) is 6.10. The third kappa shape index (κ3) is 22.7. The van der Waals surface area contributed by atoms with E-state index in [9.17, 15) is 17.9 Å². The Kier molecular flexibility index (Phi) is 25.7. The molecule has 8 nitrogen and oxygen atoms in total. The molecule has 0 aliphatic heterocycles. The molecule has 0 heterocycles. The van der Waals surface area contributed by atoms with E-state index in [1.54, 1.807) is 12.1 Å². The summed E-state index contributed by atoms with van der Waals surface area (Å²) < 4.78 is 58.9. The smallest absolute Gasteiger partial charge is 0.777 e. The fraction of sp³-hybridized carbons (Fsp3) is 0.667. The summed E-state index contributed by atoms with van der Waals surface area (Å²) in [5.41, 5.74) is 1.80. The van der Waals surface area contributed by atoms with E-state index in [2.05, 4.69) is 6.92 Å². The number of hydrogen-bond donors (Lipinski definition) is 0. The molecule has 0 aliphatic carbocycles. The van der Waals surface area contributed by atoms with Crippen LogP contribution in [0.25, 0.3) is 0 Å². The minimum absolute atomic E-state index is 0. The average Bonchev–Trinajstić information content (AvgIpc) is 3.05. The van der Waals surface area contributed by atoms with E-state index >= 15 is 0 Å². The zero-order chi connectivity index (χ0) is 33.4. The first-order valence-corrected chi connectivity index (χ1v) is 20.5. The van der Waals surface area contributed by atoms with Crippen molar-refractivity contribution in [1.29, 1.82) is 0 Å². The first-order chi connectivity index (χ1) is 22.2. The Morgan fingerprint density at radius 1 is 0.723 bits per heavy atom. The van der Waals surface area contributed by atoms with Crippen molar-refractivity contribution in [3.05, 3.63) is 65.7 Å². The molecule has 0 fully saturated rings. The minimum atomic E-state index is -4.63. The molecule has 0 aromatic heterocycles. The van der Waals surface area contributed by atoms with E-state index in [4.69, 9.17) is 18.2 Å². The third-order valence-corrected chi connectivity index (χ3v) is 10.3. The van der Waals surface area contributed by atoms with Gasteiger partial charge in [0, 0.05) is 6.61 Å². The number of unbranched alkanes of at least 4 members (excludes halogenated alkanes) is 15. The SMILES string of the molecule is CCCCCCCCCCCCCCCCCCOC[C@@H](COP(=O)([O-])COS(=O)(=O)c1ccc(C)cc1)OCc1ccccc1.[Na+].